The Morgan fingerprint density at radius 3 is 2.58 bits per heavy atom. The van der Waals surface area contributed by atoms with E-state index in [-0.39, 0.29) is 12.2 Å². The van der Waals surface area contributed by atoms with Crippen molar-refractivity contribution in [1.82, 2.24) is 15.2 Å². The van der Waals surface area contributed by atoms with E-state index >= 15 is 0 Å². The molecule has 1 N–H and O–H groups in total. The van der Waals surface area contributed by atoms with Crippen LogP contribution >= 0.6 is 0 Å². The van der Waals surface area contributed by atoms with Gasteiger partial charge in [-0.1, -0.05) is 0 Å². The SMILES string of the molecule is COc1ccc(Oc2coc(CC(=O)C(=O)c3ncn[nH]3)c2)cc1. The van der Waals surface area contributed by atoms with Crippen LogP contribution in [0.4, 0.5) is 0 Å². The fourth-order valence-corrected chi connectivity index (χ4v) is 1.97. The summed E-state index contributed by atoms with van der Waals surface area (Å²) in [4.78, 5) is 27.3. The molecule has 0 aliphatic rings. The minimum Gasteiger partial charge on any atom is -0.497 e. The van der Waals surface area contributed by atoms with Crippen molar-refractivity contribution in [2.75, 3.05) is 7.11 Å². The predicted molar refractivity (Wildman–Crippen MR) is 81.2 cm³/mol. The molecule has 3 rings (SSSR count). The molecule has 0 aliphatic heterocycles. The molecule has 24 heavy (non-hydrogen) atoms. The standard InChI is InChI=1S/C16H13N3O5/c1-22-10-2-4-11(5-3-10)24-13-6-12(23-8-13)7-14(20)15(21)16-17-9-18-19-16/h2-6,8-9H,7H2,1H3,(H,17,18,19). The average Bonchev–Trinajstić information content (AvgIpc) is 3.27. The molecule has 0 bridgehead atoms. The first kappa shape index (κ1) is 15.5. The van der Waals surface area contributed by atoms with E-state index in [4.69, 9.17) is 13.9 Å². The maximum absolute atomic E-state index is 11.9. The van der Waals surface area contributed by atoms with Crippen LogP contribution in [0.2, 0.25) is 0 Å². The van der Waals surface area contributed by atoms with Gasteiger partial charge >= 0.3 is 0 Å². The van der Waals surface area contributed by atoms with E-state index in [1.54, 1.807) is 37.4 Å². The molecule has 0 saturated carbocycles. The Bertz CT molecular complexity index is 837. The number of rotatable bonds is 7. The molecular weight excluding hydrogens is 314 g/mol. The summed E-state index contributed by atoms with van der Waals surface area (Å²) >= 11 is 0. The first-order chi connectivity index (χ1) is 11.7. The van der Waals surface area contributed by atoms with Gasteiger partial charge in [-0.25, -0.2) is 4.98 Å². The van der Waals surface area contributed by atoms with E-state index < -0.39 is 11.6 Å². The van der Waals surface area contributed by atoms with Crippen molar-refractivity contribution < 1.29 is 23.5 Å². The number of ether oxygens (including phenoxy) is 2. The number of aromatic amines is 1. The van der Waals surface area contributed by atoms with Crippen LogP contribution in [0, 0.1) is 0 Å². The number of nitrogens with zero attached hydrogens (tertiary/aromatic N) is 2. The largest absolute Gasteiger partial charge is 0.497 e. The monoisotopic (exact) mass is 327 g/mol. The molecule has 0 atom stereocenters. The minimum atomic E-state index is -0.749. The number of furan rings is 1. The minimum absolute atomic E-state index is 0.0961. The van der Waals surface area contributed by atoms with Gasteiger partial charge in [0.05, 0.1) is 13.5 Å². The number of benzene rings is 1. The molecule has 1 aromatic carbocycles. The number of methoxy groups -OCH3 is 1. The second kappa shape index (κ2) is 6.78. The van der Waals surface area contributed by atoms with Crippen LogP contribution in [0.25, 0.3) is 0 Å². The molecule has 122 valence electrons. The van der Waals surface area contributed by atoms with E-state index in [2.05, 4.69) is 15.2 Å². The highest BCUT2D eigenvalue weighted by atomic mass is 16.5. The number of H-pyrrole nitrogens is 1. The molecule has 2 heterocycles. The molecule has 3 aromatic rings. The van der Waals surface area contributed by atoms with Crippen LogP contribution in [-0.2, 0) is 11.2 Å². The van der Waals surface area contributed by atoms with Crippen LogP contribution in [0.1, 0.15) is 16.4 Å². The van der Waals surface area contributed by atoms with Crippen molar-refractivity contribution in [3.05, 3.63) is 54.5 Å². The predicted octanol–water partition coefficient (Wildman–Crippen LogP) is 2.19. The van der Waals surface area contributed by atoms with Gasteiger partial charge in [0.2, 0.25) is 5.78 Å². The molecular formula is C16H13N3O5. The zero-order valence-corrected chi connectivity index (χ0v) is 12.7. The van der Waals surface area contributed by atoms with Crippen molar-refractivity contribution in [3.63, 3.8) is 0 Å². The Kier molecular flexibility index (Phi) is 4.37. The second-order valence-electron chi connectivity index (χ2n) is 4.79. The lowest BCUT2D eigenvalue weighted by atomic mass is 10.1. The fraction of sp³-hybridized carbons (Fsp3) is 0.125. The molecule has 0 aliphatic carbocycles. The van der Waals surface area contributed by atoms with Gasteiger partial charge in [0.1, 0.15) is 29.8 Å². The Hall–Kier alpha value is -3.42. The lowest BCUT2D eigenvalue weighted by molar-refractivity contribution is -0.114. The third-order valence-electron chi connectivity index (χ3n) is 3.14. The molecule has 2 aromatic heterocycles. The summed E-state index contributed by atoms with van der Waals surface area (Å²) in [6, 6.07) is 8.55. The summed E-state index contributed by atoms with van der Waals surface area (Å²) in [5.41, 5.74) is 0. The van der Waals surface area contributed by atoms with E-state index in [9.17, 15) is 9.59 Å². The fourth-order valence-electron chi connectivity index (χ4n) is 1.97. The normalized spacial score (nSPS) is 10.4. The molecule has 8 nitrogen and oxygen atoms in total. The smallest absolute Gasteiger partial charge is 0.265 e. The van der Waals surface area contributed by atoms with Crippen molar-refractivity contribution >= 4 is 11.6 Å². The maximum Gasteiger partial charge on any atom is 0.265 e. The first-order valence-electron chi connectivity index (χ1n) is 6.98. The lowest BCUT2D eigenvalue weighted by Gasteiger charge is -2.03. The molecule has 0 spiro atoms. The number of hydrogen-bond acceptors (Lipinski definition) is 7. The van der Waals surface area contributed by atoms with Gasteiger partial charge in [-0.2, -0.15) is 5.10 Å². The zero-order chi connectivity index (χ0) is 16.9. The number of ketones is 2. The number of nitrogens with one attached hydrogen (secondary N) is 1. The van der Waals surface area contributed by atoms with E-state index in [1.165, 1.54) is 6.26 Å². The topological polar surface area (TPSA) is 107 Å². The number of Topliss-reactive ketones (excluding diaryl/α,β-unsaturated/α-hetero) is 2. The highest BCUT2D eigenvalue weighted by molar-refractivity contribution is 6.42. The summed E-state index contributed by atoms with van der Waals surface area (Å²) in [6.45, 7) is 0. The van der Waals surface area contributed by atoms with Crippen LogP contribution in [0.5, 0.6) is 17.2 Å². The number of carbonyl (C=O) groups excluding carboxylic acids is 2. The lowest BCUT2D eigenvalue weighted by Crippen LogP contribution is -2.17. The maximum atomic E-state index is 11.9. The van der Waals surface area contributed by atoms with Crippen LogP contribution in [-0.4, -0.2) is 33.9 Å². The molecule has 0 saturated heterocycles. The highest BCUT2D eigenvalue weighted by Gasteiger charge is 2.21. The Balaban J connectivity index is 1.62. The van der Waals surface area contributed by atoms with Gasteiger partial charge in [-0.15, -0.1) is 0 Å². The Morgan fingerprint density at radius 2 is 1.92 bits per heavy atom. The number of hydrogen-bond donors (Lipinski definition) is 1. The Labute approximate surface area is 136 Å². The van der Waals surface area contributed by atoms with Crippen LogP contribution in [0.15, 0.2) is 47.3 Å². The quantitative estimate of drug-likeness (QED) is 0.523. The van der Waals surface area contributed by atoms with Gasteiger partial charge in [0.15, 0.2) is 11.6 Å². The van der Waals surface area contributed by atoms with Gasteiger partial charge < -0.3 is 13.9 Å². The molecule has 0 fully saturated rings. The Morgan fingerprint density at radius 1 is 1.17 bits per heavy atom. The molecule has 0 amide bonds. The van der Waals surface area contributed by atoms with Crippen LogP contribution < -0.4 is 9.47 Å². The van der Waals surface area contributed by atoms with Crippen molar-refractivity contribution in [1.29, 1.82) is 0 Å². The summed E-state index contributed by atoms with van der Waals surface area (Å²) in [7, 11) is 1.58. The molecule has 8 heteroatoms. The highest BCUT2D eigenvalue weighted by Crippen LogP contribution is 2.25. The van der Waals surface area contributed by atoms with Crippen LogP contribution in [0.3, 0.4) is 0 Å². The summed E-state index contributed by atoms with van der Waals surface area (Å²) < 4.78 is 15.9. The third-order valence-corrected chi connectivity index (χ3v) is 3.14. The summed E-state index contributed by atoms with van der Waals surface area (Å²) in [5.74, 6) is 0.547. The van der Waals surface area contributed by atoms with Crippen molar-refractivity contribution in [2.45, 2.75) is 6.42 Å². The average molecular weight is 327 g/mol. The first-order valence-corrected chi connectivity index (χ1v) is 6.98. The van der Waals surface area contributed by atoms with Gasteiger partial charge in [0.25, 0.3) is 5.78 Å². The number of aromatic nitrogens is 3. The summed E-state index contributed by atoms with van der Waals surface area (Å²) in [5, 5.41) is 5.89. The van der Waals surface area contributed by atoms with Crippen molar-refractivity contribution in [2.24, 2.45) is 0 Å². The molecule has 0 radical (unpaired) electrons. The van der Waals surface area contributed by atoms with E-state index in [1.807, 2.05) is 0 Å². The summed E-state index contributed by atoms with van der Waals surface area (Å²) in [6.07, 6.45) is 2.34. The van der Waals surface area contributed by atoms with Crippen molar-refractivity contribution in [3.8, 4) is 17.2 Å². The van der Waals surface area contributed by atoms with Gasteiger partial charge in [-0.05, 0) is 24.3 Å². The number of carbonyl (C=O) groups is 2. The van der Waals surface area contributed by atoms with E-state index in [0.717, 1.165) is 6.33 Å². The zero-order valence-electron chi connectivity index (χ0n) is 12.7. The molecule has 0 unspecified atom stereocenters. The second-order valence-corrected chi connectivity index (χ2v) is 4.79. The van der Waals surface area contributed by atoms with E-state index in [0.29, 0.717) is 23.0 Å². The van der Waals surface area contributed by atoms with Gasteiger partial charge in [-0.3, -0.25) is 14.7 Å². The third kappa shape index (κ3) is 3.49. The van der Waals surface area contributed by atoms with Gasteiger partial charge in [0, 0.05) is 6.07 Å².